The highest BCUT2D eigenvalue weighted by Crippen LogP contribution is 2.38. The number of nitrogens with one attached hydrogen (secondary N) is 2. The lowest BCUT2D eigenvalue weighted by atomic mass is 10.1. The third-order valence-electron chi connectivity index (χ3n) is 7.20. The normalized spacial score (nSPS) is 14.8. The van der Waals surface area contributed by atoms with Gasteiger partial charge in [-0.3, -0.25) is 4.79 Å². The van der Waals surface area contributed by atoms with E-state index in [-0.39, 0.29) is 24.0 Å². The number of aryl methyl sites for hydroxylation is 1. The van der Waals surface area contributed by atoms with Crippen molar-refractivity contribution in [3.8, 4) is 5.75 Å². The summed E-state index contributed by atoms with van der Waals surface area (Å²) < 4.78 is 22.8. The standard InChI is InChI=1S/C31H38FN7O3/c1-8-23(20-14-22(32)30-27(15-20)39(18(3)4)19(5)34-30)36-31(33-6)37-25-16-24(35-29(41)9-2)26(17-28(25)42-7)38-12-10-21(40)11-13-38/h8-9,14-18,21,40H,2,6,10-13H2,1,3-5,7H3,(H,35,41)(H,36,37)/b23-8-. The molecule has 3 N–H and O–H groups in total. The van der Waals surface area contributed by atoms with E-state index >= 15 is 4.39 Å². The topological polar surface area (TPSA) is 116 Å². The first-order chi connectivity index (χ1) is 20.1. The molecule has 2 heterocycles. The number of aromatic nitrogens is 2. The quantitative estimate of drug-likeness (QED) is 0.181. The number of anilines is 3. The molecule has 10 nitrogen and oxygen atoms in total. The van der Waals surface area contributed by atoms with Crippen molar-refractivity contribution < 1.29 is 19.0 Å². The second-order valence-corrected chi connectivity index (χ2v) is 10.3. The zero-order valence-electron chi connectivity index (χ0n) is 24.7. The number of methoxy groups -OCH3 is 1. The summed E-state index contributed by atoms with van der Waals surface area (Å²) in [4.78, 5) is 27.5. The minimum absolute atomic E-state index is 0.0930. The van der Waals surface area contributed by atoms with Crippen molar-refractivity contribution >= 4 is 52.4 Å². The average Bonchev–Trinajstić information content (AvgIpc) is 3.32. The van der Waals surface area contributed by atoms with Crippen molar-refractivity contribution in [1.82, 2.24) is 9.55 Å². The number of aliphatic hydroxyl groups is 1. The lowest BCUT2D eigenvalue weighted by molar-refractivity contribution is -0.111. The molecule has 0 spiro atoms. The van der Waals surface area contributed by atoms with Gasteiger partial charge in [0.1, 0.15) is 17.1 Å². The second-order valence-electron chi connectivity index (χ2n) is 10.3. The number of benzene rings is 2. The van der Waals surface area contributed by atoms with Crippen LogP contribution in [0.1, 0.15) is 51.0 Å². The summed E-state index contributed by atoms with van der Waals surface area (Å²) in [5, 5.41) is 16.0. The molecule has 0 radical (unpaired) electrons. The van der Waals surface area contributed by atoms with Gasteiger partial charge >= 0.3 is 0 Å². The number of rotatable bonds is 8. The van der Waals surface area contributed by atoms with E-state index in [1.165, 1.54) is 12.1 Å². The van der Waals surface area contributed by atoms with Gasteiger partial charge in [-0.1, -0.05) is 12.7 Å². The molecule has 0 aliphatic carbocycles. The molecule has 1 fully saturated rings. The van der Waals surface area contributed by atoms with Gasteiger partial charge < -0.3 is 29.9 Å². The van der Waals surface area contributed by atoms with Gasteiger partial charge in [-0.2, -0.15) is 0 Å². The number of allylic oxidation sites excluding steroid dienone is 1. The van der Waals surface area contributed by atoms with E-state index in [1.807, 2.05) is 37.5 Å². The fourth-order valence-electron chi connectivity index (χ4n) is 5.19. The van der Waals surface area contributed by atoms with Crippen LogP contribution in [0.15, 0.2) is 53.0 Å². The number of hydrogen-bond donors (Lipinski definition) is 3. The minimum Gasteiger partial charge on any atom is -0.494 e. The highest BCUT2D eigenvalue weighted by atomic mass is 19.1. The van der Waals surface area contributed by atoms with Gasteiger partial charge in [-0.05, 0) is 71.5 Å². The predicted octanol–water partition coefficient (Wildman–Crippen LogP) is 5.69. The first kappa shape index (κ1) is 30.4. The maximum Gasteiger partial charge on any atom is 0.247 e. The largest absolute Gasteiger partial charge is 0.494 e. The van der Waals surface area contributed by atoms with Crippen molar-refractivity contribution in [3.63, 3.8) is 0 Å². The zero-order valence-corrected chi connectivity index (χ0v) is 24.7. The highest BCUT2D eigenvalue weighted by molar-refractivity contribution is 6.05. The molecule has 4 rings (SSSR count). The number of guanidine groups is 1. The van der Waals surface area contributed by atoms with Crippen LogP contribution in [0.2, 0.25) is 0 Å². The number of aliphatic imine (C=N–C) groups is 2. The van der Waals surface area contributed by atoms with Gasteiger partial charge in [0.2, 0.25) is 11.9 Å². The lowest BCUT2D eigenvalue weighted by Gasteiger charge is -2.33. The van der Waals surface area contributed by atoms with Crippen LogP contribution in [0.5, 0.6) is 5.75 Å². The summed E-state index contributed by atoms with van der Waals surface area (Å²) in [5.41, 5.74) is 3.78. The van der Waals surface area contributed by atoms with E-state index in [9.17, 15) is 9.90 Å². The number of carbonyl (C=O) groups is 1. The summed E-state index contributed by atoms with van der Waals surface area (Å²) in [5.74, 6) is 0.544. The van der Waals surface area contributed by atoms with Crippen LogP contribution in [0, 0.1) is 12.7 Å². The molecule has 0 unspecified atom stereocenters. The summed E-state index contributed by atoms with van der Waals surface area (Å²) in [7, 11) is 1.54. The van der Waals surface area contributed by atoms with Crippen molar-refractivity contribution in [1.29, 1.82) is 0 Å². The van der Waals surface area contributed by atoms with Crippen LogP contribution < -0.4 is 20.3 Å². The van der Waals surface area contributed by atoms with Crippen molar-refractivity contribution in [3.05, 3.63) is 60.2 Å². The zero-order chi connectivity index (χ0) is 30.6. The molecule has 1 aliphatic heterocycles. The van der Waals surface area contributed by atoms with Crippen molar-refractivity contribution in [2.45, 2.75) is 52.7 Å². The molecule has 1 aromatic heterocycles. The lowest BCUT2D eigenvalue weighted by Crippen LogP contribution is -2.36. The van der Waals surface area contributed by atoms with E-state index in [4.69, 9.17) is 4.74 Å². The molecule has 42 heavy (non-hydrogen) atoms. The fourth-order valence-corrected chi connectivity index (χ4v) is 5.19. The van der Waals surface area contributed by atoms with E-state index in [1.54, 1.807) is 26.2 Å². The SMILES string of the molecule is C=CC(=O)Nc1cc(NC(N=C)=N/C(=C\C)c2cc(F)c3nc(C)n(C(C)C)c3c2)c(OC)cc1N1CCC(O)CC1. The van der Waals surface area contributed by atoms with E-state index in [0.29, 0.717) is 65.3 Å². The van der Waals surface area contributed by atoms with Gasteiger partial charge in [-0.25, -0.2) is 19.4 Å². The van der Waals surface area contributed by atoms with Gasteiger partial charge in [0.05, 0.1) is 41.5 Å². The Morgan fingerprint density at radius 1 is 1.21 bits per heavy atom. The van der Waals surface area contributed by atoms with E-state index in [2.05, 4.69) is 43.8 Å². The third-order valence-corrected chi connectivity index (χ3v) is 7.20. The average molecular weight is 576 g/mol. The van der Waals surface area contributed by atoms with Crippen LogP contribution in [0.4, 0.5) is 21.5 Å². The molecule has 2 aromatic carbocycles. The molecule has 3 aromatic rings. The van der Waals surface area contributed by atoms with E-state index < -0.39 is 5.82 Å². The highest BCUT2D eigenvalue weighted by Gasteiger charge is 2.23. The van der Waals surface area contributed by atoms with Crippen molar-refractivity contribution in [2.24, 2.45) is 9.98 Å². The number of ether oxygens (including phenoxy) is 1. The predicted molar refractivity (Wildman–Crippen MR) is 168 cm³/mol. The van der Waals surface area contributed by atoms with Crippen LogP contribution in [-0.2, 0) is 4.79 Å². The van der Waals surface area contributed by atoms with Crippen LogP contribution in [0.25, 0.3) is 16.7 Å². The Morgan fingerprint density at radius 2 is 1.93 bits per heavy atom. The first-order valence-electron chi connectivity index (χ1n) is 13.9. The second kappa shape index (κ2) is 13.0. The monoisotopic (exact) mass is 575 g/mol. The molecule has 11 heteroatoms. The maximum absolute atomic E-state index is 15.2. The Kier molecular flexibility index (Phi) is 9.41. The van der Waals surface area contributed by atoms with Crippen LogP contribution in [0.3, 0.4) is 0 Å². The molecule has 222 valence electrons. The van der Waals surface area contributed by atoms with Crippen molar-refractivity contribution in [2.75, 3.05) is 35.7 Å². The molecule has 0 bridgehead atoms. The number of piperidine rings is 1. The molecule has 1 amide bonds. The smallest absolute Gasteiger partial charge is 0.247 e. The minimum atomic E-state index is -0.439. The summed E-state index contributed by atoms with van der Waals surface area (Å²) in [6.45, 7) is 16.2. The molecular formula is C31H38FN7O3. The van der Waals surface area contributed by atoms with Gasteiger partial charge in [0.25, 0.3) is 0 Å². The Bertz CT molecular complexity index is 1570. The fraction of sp³-hybridized carbons (Fsp3) is 0.355. The third kappa shape index (κ3) is 6.36. The van der Waals surface area contributed by atoms with Crippen LogP contribution in [-0.4, -0.2) is 59.5 Å². The molecule has 1 saturated heterocycles. The van der Waals surface area contributed by atoms with Gasteiger partial charge in [0.15, 0.2) is 5.82 Å². The number of fused-ring (bicyclic) bond motifs is 1. The number of carbonyl (C=O) groups excluding carboxylic acids is 1. The summed E-state index contributed by atoms with van der Waals surface area (Å²) in [6.07, 6.45) is 3.84. The Morgan fingerprint density at radius 3 is 2.52 bits per heavy atom. The summed E-state index contributed by atoms with van der Waals surface area (Å²) >= 11 is 0. The molecule has 1 aliphatic rings. The number of halogens is 1. The Balaban J connectivity index is 1.73. The number of aliphatic hydroxyl groups excluding tert-OH is 1. The Labute approximate surface area is 245 Å². The summed E-state index contributed by atoms with van der Waals surface area (Å²) in [6, 6.07) is 6.91. The number of hydrogen-bond acceptors (Lipinski definition) is 6. The number of nitrogens with zero attached hydrogens (tertiary/aromatic N) is 5. The molecule has 0 saturated carbocycles. The van der Waals surface area contributed by atoms with Gasteiger partial charge in [-0.15, -0.1) is 0 Å². The molecule has 0 atom stereocenters. The van der Waals surface area contributed by atoms with E-state index in [0.717, 1.165) is 11.5 Å². The Hall–Kier alpha value is -4.51. The first-order valence-corrected chi connectivity index (χ1v) is 13.9. The number of amides is 1. The van der Waals surface area contributed by atoms with Gasteiger partial charge in [0, 0.05) is 30.8 Å². The number of imidazole rings is 1. The molecular weight excluding hydrogens is 537 g/mol. The maximum atomic E-state index is 15.2. The van der Waals surface area contributed by atoms with Crippen LogP contribution >= 0.6 is 0 Å².